The Balaban J connectivity index is 1.45. The van der Waals surface area contributed by atoms with Gasteiger partial charge >= 0.3 is 0 Å². The van der Waals surface area contributed by atoms with Gasteiger partial charge in [-0.15, -0.1) is 0 Å². The zero-order valence-corrected chi connectivity index (χ0v) is 16.6. The van der Waals surface area contributed by atoms with Crippen LogP contribution in [0.15, 0.2) is 83.7 Å². The number of nitrogens with one attached hydrogen (secondary N) is 2. The molecule has 150 valence electrons. The van der Waals surface area contributed by atoms with Gasteiger partial charge in [0.2, 0.25) is 5.91 Å². The van der Waals surface area contributed by atoms with Gasteiger partial charge in [0.1, 0.15) is 5.82 Å². The SMILES string of the molecule is CN(CC(=O)Nc1ccccc1-c1ccccc1)Cc1nc2ccccc2c(=O)[nH]1. The lowest BCUT2D eigenvalue weighted by atomic mass is 10.0. The topological polar surface area (TPSA) is 78.1 Å². The Morgan fingerprint density at radius 1 is 0.967 bits per heavy atom. The summed E-state index contributed by atoms with van der Waals surface area (Å²) in [5.41, 5.74) is 3.24. The van der Waals surface area contributed by atoms with Crippen molar-refractivity contribution in [3.05, 3.63) is 95.0 Å². The van der Waals surface area contributed by atoms with Gasteiger partial charge < -0.3 is 10.3 Å². The van der Waals surface area contributed by atoms with Crippen molar-refractivity contribution in [2.45, 2.75) is 6.54 Å². The number of hydrogen-bond donors (Lipinski definition) is 2. The van der Waals surface area contributed by atoms with Crippen molar-refractivity contribution in [3.63, 3.8) is 0 Å². The Morgan fingerprint density at radius 2 is 1.67 bits per heavy atom. The molecule has 6 nitrogen and oxygen atoms in total. The highest BCUT2D eigenvalue weighted by molar-refractivity contribution is 5.96. The lowest BCUT2D eigenvalue weighted by Gasteiger charge is -2.17. The number of rotatable bonds is 6. The molecule has 4 aromatic rings. The molecule has 0 spiro atoms. The van der Waals surface area contributed by atoms with Crippen molar-refractivity contribution in [2.24, 2.45) is 0 Å². The highest BCUT2D eigenvalue weighted by atomic mass is 16.2. The summed E-state index contributed by atoms with van der Waals surface area (Å²) in [5, 5.41) is 3.55. The molecule has 0 aliphatic carbocycles. The average molecular weight is 398 g/mol. The molecule has 1 heterocycles. The lowest BCUT2D eigenvalue weighted by Crippen LogP contribution is -2.31. The Labute approximate surface area is 174 Å². The fraction of sp³-hybridized carbons (Fsp3) is 0.125. The number of benzene rings is 3. The standard InChI is InChI=1S/C24H22N4O2/c1-28(15-22-25-21-14-8-6-12-19(21)24(30)27-22)16-23(29)26-20-13-7-5-11-18(20)17-9-3-2-4-10-17/h2-14H,15-16H2,1H3,(H,26,29)(H,25,27,30). The van der Waals surface area contributed by atoms with Gasteiger partial charge in [0, 0.05) is 11.3 Å². The number of likely N-dealkylation sites (N-methyl/N-ethyl adjacent to an activating group) is 1. The van der Waals surface area contributed by atoms with Crippen molar-refractivity contribution < 1.29 is 4.79 Å². The highest BCUT2D eigenvalue weighted by Gasteiger charge is 2.12. The van der Waals surface area contributed by atoms with Crippen LogP contribution in [0.1, 0.15) is 5.82 Å². The van der Waals surface area contributed by atoms with Crippen LogP contribution in [0.3, 0.4) is 0 Å². The quantitative estimate of drug-likeness (QED) is 0.520. The van der Waals surface area contributed by atoms with Crippen LogP contribution in [-0.2, 0) is 11.3 Å². The molecule has 0 unspecified atom stereocenters. The van der Waals surface area contributed by atoms with Crippen LogP contribution in [0.25, 0.3) is 22.0 Å². The van der Waals surface area contributed by atoms with Gasteiger partial charge in [-0.3, -0.25) is 14.5 Å². The number of hydrogen-bond acceptors (Lipinski definition) is 4. The molecule has 0 fully saturated rings. The molecule has 2 N–H and O–H groups in total. The average Bonchev–Trinajstić information content (AvgIpc) is 2.74. The summed E-state index contributed by atoms with van der Waals surface area (Å²) < 4.78 is 0. The predicted octanol–water partition coefficient (Wildman–Crippen LogP) is 3.66. The zero-order valence-electron chi connectivity index (χ0n) is 16.6. The van der Waals surface area contributed by atoms with Gasteiger partial charge in [-0.1, -0.05) is 60.7 Å². The van der Waals surface area contributed by atoms with Crippen LogP contribution in [0.2, 0.25) is 0 Å². The summed E-state index contributed by atoms with van der Waals surface area (Å²) in [6, 6.07) is 24.9. The van der Waals surface area contributed by atoms with Gasteiger partial charge in [0.15, 0.2) is 0 Å². The second-order valence-electron chi connectivity index (χ2n) is 7.16. The fourth-order valence-corrected chi connectivity index (χ4v) is 3.42. The Kier molecular flexibility index (Phi) is 5.68. The number of carbonyl (C=O) groups is 1. The molecule has 4 rings (SSSR count). The summed E-state index contributed by atoms with van der Waals surface area (Å²) >= 11 is 0. The normalized spacial score (nSPS) is 11.0. The number of nitrogens with zero attached hydrogens (tertiary/aromatic N) is 2. The molecule has 0 aliphatic heterocycles. The molecule has 0 bridgehead atoms. The predicted molar refractivity (Wildman–Crippen MR) is 119 cm³/mol. The van der Waals surface area contributed by atoms with Gasteiger partial charge in [-0.25, -0.2) is 4.98 Å². The van der Waals surface area contributed by atoms with Gasteiger partial charge in [0.05, 0.1) is 24.0 Å². The number of aromatic amines is 1. The largest absolute Gasteiger partial charge is 0.324 e. The van der Waals surface area contributed by atoms with E-state index in [2.05, 4.69) is 15.3 Å². The first kappa shape index (κ1) is 19.5. The van der Waals surface area contributed by atoms with E-state index in [1.54, 1.807) is 12.1 Å². The van der Waals surface area contributed by atoms with Crippen LogP contribution in [0.5, 0.6) is 0 Å². The second-order valence-corrected chi connectivity index (χ2v) is 7.16. The van der Waals surface area contributed by atoms with Crippen molar-refractivity contribution >= 4 is 22.5 Å². The van der Waals surface area contributed by atoms with Crippen molar-refractivity contribution in [1.29, 1.82) is 0 Å². The molecule has 0 aliphatic rings. The third kappa shape index (κ3) is 4.45. The molecule has 3 aromatic carbocycles. The van der Waals surface area contributed by atoms with E-state index in [-0.39, 0.29) is 18.0 Å². The molecule has 0 atom stereocenters. The maximum Gasteiger partial charge on any atom is 0.258 e. The van der Waals surface area contributed by atoms with E-state index in [4.69, 9.17) is 0 Å². The molecule has 0 saturated carbocycles. The third-order valence-electron chi connectivity index (χ3n) is 4.78. The number of aromatic nitrogens is 2. The van der Waals surface area contributed by atoms with E-state index in [1.807, 2.05) is 78.7 Å². The Morgan fingerprint density at radius 3 is 2.50 bits per heavy atom. The maximum absolute atomic E-state index is 12.6. The number of anilines is 1. The molecule has 30 heavy (non-hydrogen) atoms. The van der Waals surface area contributed by atoms with E-state index in [9.17, 15) is 9.59 Å². The molecular formula is C24H22N4O2. The van der Waals surface area contributed by atoms with Crippen LogP contribution >= 0.6 is 0 Å². The molecule has 6 heteroatoms. The zero-order chi connectivity index (χ0) is 20.9. The van der Waals surface area contributed by atoms with Crippen LogP contribution < -0.4 is 10.9 Å². The molecule has 0 saturated heterocycles. The van der Waals surface area contributed by atoms with E-state index in [1.165, 1.54) is 0 Å². The highest BCUT2D eigenvalue weighted by Crippen LogP contribution is 2.27. The molecule has 0 radical (unpaired) electrons. The summed E-state index contributed by atoms with van der Waals surface area (Å²) in [7, 11) is 1.82. The van der Waals surface area contributed by atoms with Crippen molar-refractivity contribution in [1.82, 2.24) is 14.9 Å². The first-order valence-corrected chi connectivity index (χ1v) is 9.71. The fourth-order valence-electron chi connectivity index (χ4n) is 3.42. The van der Waals surface area contributed by atoms with Crippen molar-refractivity contribution in [3.8, 4) is 11.1 Å². The van der Waals surface area contributed by atoms with Gasteiger partial charge in [0.25, 0.3) is 5.56 Å². The van der Waals surface area contributed by atoms with Gasteiger partial charge in [-0.2, -0.15) is 0 Å². The number of amides is 1. The summed E-state index contributed by atoms with van der Waals surface area (Å²) in [5.74, 6) is 0.391. The minimum Gasteiger partial charge on any atom is -0.324 e. The first-order valence-electron chi connectivity index (χ1n) is 9.71. The number of H-pyrrole nitrogens is 1. The van der Waals surface area contributed by atoms with E-state index in [0.29, 0.717) is 23.3 Å². The Bertz CT molecular complexity index is 1230. The minimum absolute atomic E-state index is 0.135. The number of para-hydroxylation sites is 2. The first-order chi connectivity index (χ1) is 14.6. The number of fused-ring (bicyclic) bond motifs is 1. The van der Waals surface area contributed by atoms with E-state index < -0.39 is 0 Å². The molecule has 1 amide bonds. The smallest absolute Gasteiger partial charge is 0.258 e. The summed E-state index contributed by atoms with van der Waals surface area (Å²) in [6.45, 7) is 0.521. The lowest BCUT2D eigenvalue weighted by molar-refractivity contribution is -0.117. The maximum atomic E-state index is 12.6. The van der Waals surface area contributed by atoms with Gasteiger partial charge in [-0.05, 0) is 30.8 Å². The second kappa shape index (κ2) is 8.71. The number of carbonyl (C=O) groups excluding carboxylic acids is 1. The van der Waals surface area contributed by atoms with Crippen LogP contribution in [-0.4, -0.2) is 34.4 Å². The van der Waals surface area contributed by atoms with Crippen molar-refractivity contribution in [2.75, 3.05) is 18.9 Å². The van der Waals surface area contributed by atoms with E-state index in [0.717, 1.165) is 16.8 Å². The summed E-state index contributed by atoms with van der Waals surface area (Å²) in [6.07, 6.45) is 0. The molecular weight excluding hydrogens is 376 g/mol. The van der Waals surface area contributed by atoms with E-state index >= 15 is 0 Å². The van der Waals surface area contributed by atoms with Crippen LogP contribution in [0, 0.1) is 0 Å². The minimum atomic E-state index is -0.176. The monoisotopic (exact) mass is 398 g/mol. The molecule has 1 aromatic heterocycles. The summed E-state index contributed by atoms with van der Waals surface area (Å²) in [4.78, 5) is 34.0. The Hall–Kier alpha value is -3.77. The third-order valence-corrected chi connectivity index (χ3v) is 4.78. The van der Waals surface area contributed by atoms with Crippen LogP contribution in [0.4, 0.5) is 5.69 Å².